The predicted molar refractivity (Wildman–Crippen MR) is 152 cm³/mol. The van der Waals surface area contributed by atoms with Crippen molar-refractivity contribution in [2.45, 2.75) is 71.5 Å². The number of nitrogens with one attached hydrogen (secondary N) is 1. The largest absolute Gasteiger partial charge is 0.391 e. The van der Waals surface area contributed by atoms with E-state index in [1.165, 1.54) is 0 Å². The van der Waals surface area contributed by atoms with Crippen LogP contribution in [0.2, 0.25) is 0 Å². The van der Waals surface area contributed by atoms with Crippen molar-refractivity contribution < 1.29 is 15.0 Å². The van der Waals surface area contributed by atoms with Crippen molar-refractivity contribution in [2.24, 2.45) is 11.8 Å². The number of β-amino-alcohol motifs (C(OH)–C–C–N with tert-alkyl or cyclic N) is 1. The van der Waals surface area contributed by atoms with Gasteiger partial charge in [0.15, 0.2) is 0 Å². The van der Waals surface area contributed by atoms with E-state index >= 15 is 0 Å². The Morgan fingerprint density at radius 2 is 1.79 bits per heavy atom. The SMILES string of the molecule is CCCCC(CCC)C(C)C(O)c1cc(=N)nc2cc(-c3ccc(C(=O)N4CCC(O)C4)cc3)ccc2c1. The van der Waals surface area contributed by atoms with Crippen LogP contribution in [-0.2, 0) is 0 Å². The summed E-state index contributed by atoms with van der Waals surface area (Å²) >= 11 is 0. The number of hydrogen-bond acceptors (Lipinski definition) is 5. The van der Waals surface area contributed by atoms with Crippen LogP contribution in [0.15, 0.2) is 54.6 Å². The number of carbonyl (C=O) groups excluding carboxylic acids is 1. The molecule has 3 aromatic rings. The Kier molecular flexibility index (Phi) is 9.29. The van der Waals surface area contributed by atoms with Gasteiger partial charge in [0.1, 0.15) is 5.49 Å². The first-order valence-electron chi connectivity index (χ1n) is 14.1. The summed E-state index contributed by atoms with van der Waals surface area (Å²) in [6.07, 6.45) is 5.16. The van der Waals surface area contributed by atoms with Gasteiger partial charge in [-0.15, -0.1) is 0 Å². The molecule has 6 heteroatoms. The van der Waals surface area contributed by atoms with Gasteiger partial charge in [-0.1, -0.05) is 77.1 Å². The molecule has 4 unspecified atom stereocenters. The van der Waals surface area contributed by atoms with Crippen LogP contribution in [0.25, 0.3) is 22.0 Å². The normalized spacial score (nSPS) is 17.9. The number of aromatic nitrogens is 1. The van der Waals surface area contributed by atoms with Gasteiger partial charge in [0.2, 0.25) is 0 Å². The number of aliphatic hydroxyl groups excluding tert-OH is 2. The molecule has 1 aliphatic rings. The van der Waals surface area contributed by atoms with Crippen LogP contribution >= 0.6 is 0 Å². The second kappa shape index (κ2) is 12.6. The molecule has 4 rings (SSSR count). The van der Waals surface area contributed by atoms with Gasteiger partial charge in [-0.3, -0.25) is 10.2 Å². The molecule has 3 N–H and O–H groups in total. The highest BCUT2D eigenvalue weighted by Gasteiger charge is 2.26. The van der Waals surface area contributed by atoms with Crippen LogP contribution in [0.5, 0.6) is 0 Å². The number of fused-ring (bicyclic) bond motifs is 1. The zero-order valence-corrected chi connectivity index (χ0v) is 22.9. The van der Waals surface area contributed by atoms with Crippen LogP contribution in [0.3, 0.4) is 0 Å². The number of benzene rings is 2. The summed E-state index contributed by atoms with van der Waals surface area (Å²) < 4.78 is 0. The maximum absolute atomic E-state index is 12.7. The number of nitrogens with zero attached hydrogens (tertiary/aromatic N) is 2. The number of rotatable bonds is 10. The fraction of sp³-hybridized carbons (Fsp3) is 0.469. The molecule has 38 heavy (non-hydrogen) atoms. The average Bonchev–Trinajstić information content (AvgIpc) is 3.28. The van der Waals surface area contributed by atoms with E-state index in [0.29, 0.717) is 36.5 Å². The van der Waals surface area contributed by atoms with Crippen LogP contribution in [0.1, 0.15) is 81.3 Å². The lowest BCUT2D eigenvalue weighted by molar-refractivity contribution is 0.0748. The standard InChI is InChI=1S/C32H41N3O3/c1-4-6-8-22(7-5-2)21(3)31(37)27-17-26-14-13-25(18-29(26)34-30(33)19-27)23-9-11-24(12-10-23)32(38)35-16-15-28(36)20-35/h9-14,17-19,21-22,28,31,33,36-37H,4-8,15-16,20H2,1-3H3. The van der Waals surface area contributed by atoms with Gasteiger partial charge in [0.05, 0.1) is 17.7 Å². The number of amides is 1. The van der Waals surface area contributed by atoms with Crippen molar-refractivity contribution >= 4 is 16.8 Å². The molecule has 0 bridgehead atoms. The molecular formula is C32H41N3O3. The first kappa shape index (κ1) is 27.9. The molecule has 6 nitrogen and oxygen atoms in total. The van der Waals surface area contributed by atoms with E-state index in [1.807, 2.05) is 48.5 Å². The molecule has 0 radical (unpaired) electrons. The molecule has 1 saturated heterocycles. The predicted octanol–water partition coefficient (Wildman–Crippen LogP) is 5.86. The number of likely N-dealkylation sites (tertiary alicyclic amines) is 1. The highest BCUT2D eigenvalue weighted by molar-refractivity contribution is 5.95. The highest BCUT2D eigenvalue weighted by Crippen LogP contribution is 2.34. The van der Waals surface area contributed by atoms with E-state index in [2.05, 4.69) is 25.8 Å². The third-order valence-corrected chi connectivity index (χ3v) is 7.98. The Balaban J connectivity index is 1.58. The van der Waals surface area contributed by atoms with Crippen LogP contribution in [0, 0.1) is 17.2 Å². The summed E-state index contributed by atoms with van der Waals surface area (Å²) in [6.45, 7) is 7.50. The van der Waals surface area contributed by atoms with Gasteiger partial charge < -0.3 is 15.1 Å². The van der Waals surface area contributed by atoms with Gasteiger partial charge in [0.25, 0.3) is 5.91 Å². The molecule has 2 aromatic carbocycles. The second-order valence-electron chi connectivity index (χ2n) is 10.8. The van der Waals surface area contributed by atoms with Gasteiger partial charge in [-0.2, -0.15) is 0 Å². The fourth-order valence-corrected chi connectivity index (χ4v) is 5.64. The van der Waals surface area contributed by atoms with E-state index in [-0.39, 0.29) is 17.3 Å². The van der Waals surface area contributed by atoms with E-state index in [4.69, 9.17) is 5.41 Å². The Morgan fingerprint density at radius 3 is 2.45 bits per heavy atom. The smallest absolute Gasteiger partial charge is 0.253 e. The quantitative estimate of drug-likeness (QED) is 0.315. The first-order valence-corrected chi connectivity index (χ1v) is 14.1. The number of unbranched alkanes of at least 4 members (excludes halogenated alkanes) is 1. The monoisotopic (exact) mass is 515 g/mol. The van der Waals surface area contributed by atoms with E-state index < -0.39 is 12.2 Å². The highest BCUT2D eigenvalue weighted by atomic mass is 16.3. The Hall–Kier alpha value is -3.09. The van der Waals surface area contributed by atoms with Crippen LogP contribution in [-0.4, -0.2) is 45.2 Å². The summed E-state index contributed by atoms with van der Waals surface area (Å²) in [5.74, 6) is 0.490. The van der Waals surface area contributed by atoms with Crippen molar-refractivity contribution in [1.82, 2.24) is 9.88 Å². The lowest BCUT2D eigenvalue weighted by atomic mass is 9.80. The summed E-state index contributed by atoms with van der Waals surface area (Å²) in [5, 5.41) is 30.4. The van der Waals surface area contributed by atoms with Crippen molar-refractivity contribution in [3.8, 4) is 11.1 Å². The third kappa shape index (κ3) is 6.48. The molecule has 0 spiro atoms. The number of aliphatic hydroxyl groups is 2. The lowest BCUT2D eigenvalue weighted by Crippen LogP contribution is -2.29. The summed E-state index contributed by atoms with van der Waals surface area (Å²) in [6, 6.07) is 17.1. The van der Waals surface area contributed by atoms with Gasteiger partial charge >= 0.3 is 0 Å². The first-order chi connectivity index (χ1) is 18.3. The van der Waals surface area contributed by atoms with Crippen molar-refractivity contribution in [2.75, 3.05) is 13.1 Å². The molecule has 2 heterocycles. The topological polar surface area (TPSA) is 97.5 Å². The maximum Gasteiger partial charge on any atom is 0.253 e. The zero-order valence-electron chi connectivity index (χ0n) is 22.9. The average molecular weight is 516 g/mol. The minimum atomic E-state index is -0.647. The zero-order chi connectivity index (χ0) is 27.2. The van der Waals surface area contributed by atoms with Gasteiger partial charge in [0, 0.05) is 24.0 Å². The molecule has 4 atom stereocenters. The summed E-state index contributed by atoms with van der Waals surface area (Å²) in [7, 11) is 0. The third-order valence-electron chi connectivity index (χ3n) is 7.98. The molecule has 202 valence electrons. The molecule has 0 aliphatic carbocycles. The Morgan fingerprint density at radius 1 is 1.05 bits per heavy atom. The maximum atomic E-state index is 12.7. The van der Waals surface area contributed by atoms with Crippen molar-refractivity contribution in [3.05, 3.63) is 71.2 Å². The van der Waals surface area contributed by atoms with E-state index in [0.717, 1.165) is 54.2 Å². The molecular weight excluding hydrogens is 474 g/mol. The van der Waals surface area contributed by atoms with E-state index in [1.54, 1.807) is 11.0 Å². The summed E-state index contributed by atoms with van der Waals surface area (Å²) in [4.78, 5) is 18.9. The van der Waals surface area contributed by atoms with Crippen molar-refractivity contribution in [3.63, 3.8) is 0 Å². The molecule has 1 amide bonds. The number of hydrogen-bond donors (Lipinski definition) is 3. The van der Waals surface area contributed by atoms with Crippen LogP contribution in [0.4, 0.5) is 0 Å². The minimum Gasteiger partial charge on any atom is -0.391 e. The van der Waals surface area contributed by atoms with Gasteiger partial charge in [-0.05, 0) is 65.3 Å². The molecule has 1 fully saturated rings. The molecule has 0 saturated carbocycles. The van der Waals surface area contributed by atoms with Gasteiger partial charge in [-0.25, -0.2) is 4.98 Å². The molecule has 1 aromatic heterocycles. The molecule has 1 aliphatic heterocycles. The lowest BCUT2D eigenvalue weighted by Gasteiger charge is -2.28. The Bertz CT molecular complexity index is 1310. The van der Waals surface area contributed by atoms with Crippen molar-refractivity contribution in [1.29, 1.82) is 5.41 Å². The van der Waals surface area contributed by atoms with E-state index in [9.17, 15) is 15.0 Å². The summed E-state index contributed by atoms with van der Waals surface area (Å²) in [5.41, 5.74) is 4.08. The fourth-order valence-electron chi connectivity index (χ4n) is 5.64. The second-order valence-corrected chi connectivity index (χ2v) is 10.8. The minimum absolute atomic E-state index is 0.0599. The van der Waals surface area contributed by atoms with Crippen LogP contribution < -0.4 is 5.49 Å². The Labute approximate surface area is 225 Å². The number of carbonyl (C=O) groups is 1.